The number of hydrogen-bond donors (Lipinski definition) is 2. The number of amides is 2. The molecule has 14 heavy (non-hydrogen) atoms. The van der Waals surface area contributed by atoms with E-state index in [2.05, 4.69) is 12.2 Å². The molecule has 2 amide bonds. The molecule has 0 aromatic carbocycles. The Kier molecular flexibility index (Phi) is 2.63. The number of carbonyl (C=O) groups is 1. The molecular formula is C10H19N3O. The van der Waals surface area contributed by atoms with Gasteiger partial charge in [-0.15, -0.1) is 0 Å². The van der Waals surface area contributed by atoms with Crippen molar-refractivity contribution in [2.24, 2.45) is 11.7 Å². The van der Waals surface area contributed by atoms with E-state index in [1.54, 1.807) is 0 Å². The van der Waals surface area contributed by atoms with E-state index in [0.717, 1.165) is 25.8 Å². The number of piperidine rings is 1. The van der Waals surface area contributed by atoms with E-state index in [1.165, 1.54) is 0 Å². The second-order valence-electron chi connectivity index (χ2n) is 4.60. The molecular weight excluding hydrogens is 178 g/mol. The molecule has 1 saturated carbocycles. The summed E-state index contributed by atoms with van der Waals surface area (Å²) in [4.78, 5) is 13.5. The van der Waals surface area contributed by atoms with Crippen molar-refractivity contribution in [1.29, 1.82) is 0 Å². The molecule has 2 aliphatic rings. The Bertz CT molecular complexity index is 227. The molecule has 4 heteroatoms. The highest BCUT2D eigenvalue weighted by molar-refractivity contribution is 5.75. The Morgan fingerprint density at radius 3 is 2.71 bits per heavy atom. The van der Waals surface area contributed by atoms with Gasteiger partial charge in [0.05, 0.1) is 0 Å². The summed E-state index contributed by atoms with van der Waals surface area (Å²) in [5.41, 5.74) is 5.93. The van der Waals surface area contributed by atoms with Gasteiger partial charge in [-0.1, -0.05) is 6.92 Å². The van der Waals surface area contributed by atoms with Gasteiger partial charge < -0.3 is 16.0 Å². The van der Waals surface area contributed by atoms with Crippen molar-refractivity contribution in [3.05, 3.63) is 0 Å². The Morgan fingerprint density at radius 2 is 2.14 bits per heavy atom. The lowest BCUT2D eigenvalue weighted by Gasteiger charge is -2.35. The summed E-state index contributed by atoms with van der Waals surface area (Å²) in [6, 6.07) is 0.668. The van der Waals surface area contributed by atoms with Crippen LogP contribution in [0.2, 0.25) is 0 Å². The van der Waals surface area contributed by atoms with Crippen LogP contribution in [0.5, 0.6) is 0 Å². The molecule has 0 aromatic rings. The van der Waals surface area contributed by atoms with Crippen LogP contribution in [0.4, 0.5) is 4.79 Å². The average Bonchev–Trinajstić information content (AvgIpc) is 2.93. The Hall–Kier alpha value is -0.770. The summed E-state index contributed by atoms with van der Waals surface area (Å²) in [6.45, 7) is 3.72. The van der Waals surface area contributed by atoms with Gasteiger partial charge in [-0.2, -0.15) is 0 Å². The predicted octanol–water partition coefficient (Wildman–Crippen LogP) is 0.527. The van der Waals surface area contributed by atoms with E-state index < -0.39 is 0 Å². The highest BCUT2D eigenvalue weighted by Gasteiger charge is 2.29. The molecule has 0 spiro atoms. The third kappa shape index (κ3) is 2.18. The second-order valence-corrected chi connectivity index (χ2v) is 4.60. The van der Waals surface area contributed by atoms with Crippen molar-refractivity contribution >= 4 is 6.03 Å². The van der Waals surface area contributed by atoms with Gasteiger partial charge in [0.2, 0.25) is 0 Å². The van der Waals surface area contributed by atoms with Crippen molar-refractivity contribution in [3.63, 3.8) is 0 Å². The van der Waals surface area contributed by atoms with Gasteiger partial charge in [-0.3, -0.25) is 0 Å². The van der Waals surface area contributed by atoms with Crippen LogP contribution in [-0.2, 0) is 0 Å². The average molecular weight is 197 g/mol. The minimum absolute atomic E-state index is 0.0786. The fourth-order valence-corrected chi connectivity index (χ4v) is 1.78. The quantitative estimate of drug-likeness (QED) is 0.644. The van der Waals surface area contributed by atoms with Crippen LogP contribution < -0.4 is 11.1 Å². The zero-order chi connectivity index (χ0) is 10.1. The topological polar surface area (TPSA) is 58.4 Å². The van der Waals surface area contributed by atoms with Crippen LogP contribution in [0.25, 0.3) is 0 Å². The summed E-state index contributed by atoms with van der Waals surface area (Å²) in [7, 11) is 0. The molecule has 2 rings (SSSR count). The van der Waals surface area contributed by atoms with Gasteiger partial charge in [0.15, 0.2) is 0 Å². The number of rotatable bonds is 1. The zero-order valence-corrected chi connectivity index (χ0v) is 8.70. The molecule has 2 atom stereocenters. The van der Waals surface area contributed by atoms with Crippen molar-refractivity contribution in [2.45, 2.75) is 38.3 Å². The van der Waals surface area contributed by atoms with E-state index in [0.29, 0.717) is 18.5 Å². The molecule has 0 bridgehead atoms. The van der Waals surface area contributed by atoms with E-state index in [4.69, 9.17) is 5.73 Å². The van der Waals surface area contributed by atoms with Gasteiger partial charge in [0.25, 0.3) is 0 Å². The highest BCUT2D eigenvalue weighted by Crippen LogP contribution is 2.20. The number of nitrogens with two attached hydrogens (primary N) is 1. The fourth-order valence-electron chi connectivity index (χ4n) is 1.78. The van der Waals surface area contributed by atoms with Crippen molar-refractivity contribution in [1.82, 2.24) is 10.2 Å². The molecule has 0 aromatic heterocycles. The second kappa shape index (κ2) is 3.77. The number of nitrogens with one attached hydrogen (secondary N) is 1. The predicted molar refractivity (Wildman–Crippen MR) is 54.9 cm³/mol. The first-order valence-corrected chi connectivity index (χ1v) is 5.48. The van der Waals surface area contributed by atoms with Crippen LogP contribution in [-0.4, -0.2) is 36.1 Å². The first kappa shape index (κ1) is 9.77. The van der Waals surface area contributed by atoms with Crippen LogP contribution in [0.1, 0.15) is 26.2 Å². The molecule has 1 aliphatic carbocycles. The monoisotopic (exact) mass is 197 g/mol. The minimum atomic E-state index is 0.0786. The Labute approximate surface area is 84.8 Å². The van der Waals surface area contributed by atoms with E-state index in [9.17, 15) is 4.79 Å². The van der Waals surface area contributed by atoms with Crippen LogP contribution >= 0.6 is 0 Å². The lowest BCUT2D eigenvalue weighted by molar-refractivity contribution is 0.162. The molecule has 3 N–H and O–H groups in total. The molecule has 1 aliphatic heterocycles. The van der Waals surface area contributed by atoms with Gasteiger partial charge in [-0.05, 0) is 25.2 Å². The number of likely N-dealkylation sites (tertiary alicyclic amines) is 1. The van der Waals surface area contributed by atoms with Gasteiger partial charge in [0, 0.05) is 25.2 Å². The fraction of sp³-hybridized carbons (Fsp3) is 0.900. The standard InChI is InChI=1S/C10H19N3O/c1-7-4-5-13(6-9(7)11)10(14)12-8-2-3-8/h7-9H,2-6,11H2,1H3,(H,12,14). The Morgan fingerprint density at radius 1 is 1.43 bits per heavy atom. The maximum Gasteiger partial charge on any atom is 0.317 e. The maximum atomic E-state index is 11.7. The SMILES string of the molecule is CC1CCN(C(=O)NC2CC2)CC1N. The summed E-state index contributed by atoms with van der Waals surface area (Å²) < 4.78 is 0. The zero-order valence-electron chi connectivity index (χ0n) is 8.70. The number of hydrogen-bond acceptors (Lipinski definition) is 2. The van der Waals surface area contributed by atoms with Crippen molar-refractivity contribution in [3.8, 4) is 0 Å². The van der Waals surface area contributed by atoms with Crippen LogP contribution in [0.3, 0.4) is 0 Å². The summed E-state index contributed by atoms with van der Waals surface area (Å²) in [5.74, 6) is 0.542. The first-order valence-electron chi connectivity index (χ1n) is 5.48. The summed E-state index contributed by atoms with van der Waals surface area (Å²) in [6.07, 6.45) is 3.31. The van der Waals surface area contributed by atoms with Crippen molar-refractivity contribution < 1.29 is 4.79 Å². The van der Waals surface area contributed by atoms with Crippen molar-refractivity contribution in [2.75, 3.05) is 13.1 Å². The van der Waals surface area contributed by atoms with E-state index in [1.807, 2.05) is 4.90 Å². The molecule has 2 fully saturated rings. The molecule has 80 valence electrons. The van der Waals surface area contributed by atoms with E-state index >= 15 is 0 Å². The molecule has 1 saturated heterocycles. The summed E-state index contributed by atoms with van der Waals surface area (Å²) >= 11 is 0. The lowest BCUT2D eigenvalue weighted by atomic mass is 9.94. The van der Waals surface area contributed by atoms with Gasteiger partial charge >= 0.3 is 6.03 Å². The minimum Gasteiger partial charge on any atom is -0.335 e. The molecule has 4 nitrogen and oxygen atoms in total. The van der Waals surface area contributed by atoms with Crippen LogP contribution in [0, 0.1) is 5.92 Å². The number of carbonyl (C=O) groups excluding carboxylic acids is 1. The third-order valence-electron chi connectivity index (χ3n) is 3.21. The smallest absolute Gasteiger partial charge is 0.317 e. The highest BCUT2D eigenvalue weighted by atomic mass is 16.2. The van der Waals surface area contributed by atoms with E-state index in [-0.39, 0.29) is 12.1 Å². The first-order chi connectivity index (χ1) is 6.66. The number of urea groups is 1. The molecule has 2 unspecified atom stereocenters. The molecule has 0 radical (unpaired) electrons. The summed E-state index contributed by atoms with van der Waals surface area (Å²) in [5, 5.41) is 2.99. The maximum absolute atomic E-state index is 11.7. The van der Waals surface area contributed by atoms with Gasteiger partial charge in [-0.25, -0.2) is 4.79 Å². The molecule has 1 heterocycles. The third-order valence-corrected chi connectivity index (χ3v) is 3.21. The number of nitrogens with zero attached hydrogens (tertiary/aromatic N) is 1. The lowest BCUT2D eigenvalue weighted by Crippen LogP contribution is -2.52. The van der Waals surface area contributed by atoms with Crippen LogP contribution in [0.15, 0.2) is 0 Å². The largest absolute Gasteiger partial charge is 0.335 e. The normalized spacial score (nSPS) is 32.9. The van der Waals surface area contributed by atoms with Gasteiger partial charge in [0.1, 0.15) is 0 Å². The Balaban J connectivity index is 1.82.